The number of aromatic nitrogens is 2. The molecule has 2 aromatic rings. The lowest BCUT2D eigenvalue weighted by Gasteiger charge is -2.18. The van der Waals surface area contributed by atoms with E-state index in [4.69, 9.17) is 21.4 Å². The smallest absolute Gasteiger partial charge is 0.206 e. The summed E-state index contributed by atoms with van der Waals surface area (Å²) in [5.74, 6) is -2.18. The van der Waals surface area contributed by atoms with Gasteiger partial charge in [0.15, 0.2) is 17.9 Å². The van der Waals surface area contributed by atoms with Crippen molar-refractivity contribution in [1.82, 2.24) is 9.55 Å². The van der Waals surface area contributed by atoms with Crippen molar-refractivity contribution in [3.8, 4) is 0 Å². The molecule has 1 fully saturated rings. The Balaban J connectivity index is 2.12. The number of nitrogens with zero attached hydrogens (tertiary/aromatic N) is 2. The quantitative estimate of drug-likeness (QED) is 0.753. The SMILES string of the molecule is OC[C@H]1O[C@@H](n2c(Cl)nc3cc(F)c(F)cc32)[C@H](O)[C@@H]1O. The Morgan fingerprint density at radius 2 is 1.90 bits per heavy atom. The average Bonchev–Trinajstić information content (AvgIpc) is 2.89. The summed E-state index contributed by atoms with van der Waals surface area (Å²) in [4.78, 5) is 3.86. The topological polar surface area (TPSA) is 87.7 Å². The molecule has 114 valence electrons. The maximum absolute atomic E-state index is 13.4. The summed E-state index contributed by atoms with van der Waals surface area (Å²) >= 11 is 5.93. The third kappa shape index (κ3) is 2.19. The molecule has 0 spiro atoms. The average molecular weight is 321 g/mol. The van der Waals surface area contributed by atoms with E-state index in [1.807, 2.05) is 0 Å². The van der Waals surface area contributed by atoms with Crippen LogP contribution in [0.1, 0.15) is 6.23 Å². The minimum Gasteiger partial charge on any atom is -0.394 e. The fraction of sp³-hybridized carbons (Fsp3) is 0.417. The van der Waals surface area contributed by atoms with Gasteiger partial charge in [-0.15, -0.1) is 0 Å². The Morgan fingerprint density at radius 1 is 1.24 bits per heavy atom. The van der Waals surface area contributed by atoms with E-state index in [9.17, 15) is 19.0 Å². The number of hydrogen-bond acceptors (Lipinski definition) is 5. The molecule has 9 heteroatoms. The van der Waals surface area contributed by atoms with E-state index in [1.165, 1.54) is 0 Å². The number of hydrogen-bond donors (Lipinski definition) is 3. The van der Waals surface area contributed by atoms with Crippen LogP contribution < -0.4 is 0 Å². The molecule has 0 saturated carbocycles. The van der Waals surface area contributed by atoms with Gasteiger partial charge in [0.1, 0.15) is 18.3 Å². The van der Waals surface area contributed by atoms with Crippen LogP contribution in [0.5, 0.6) is 0 Å². The number of aliphatic hydroxyl groups excluding tert-OH is 3. The molecule has 0 bridgehead atoms. The third-order valence-corrected chi connectivity index (χ3v) is 3.73. The predicted octanol–water partition coefficient (Wildman–Crippen LogP) is 0.579. The molecule has 4 atom stereocenters. The van der Waals surface area contributed by atoms with Gasteiger partial charge in [0.05, 0.1) is 17.6 Å². The Kier molecular flexibility index (Phi) is 3.58. The maximum Gasteiger partial charge on any atom is 0.206 e. The standard InChI is InChI=1S/C12H11ClF2N2O4/c13-12-16-6-1-4(14)5(15)2-7(6)17(12)11-10(20)9(19)8(3-18)21-11/h1-2,8-11,18-20H,3H2/t8-,9-,10-,11-/m1/s1. The van der Waals surface area contributed by atoms with Crippen LogP contribution in [0, 0.1) is 11.6 Å². The van der Waals surface area contributed by atoms with E-state index in [2.05, 4.69) is 4.98 Å². The van der Waals surface area contributed by atoms with Gasteiger partial charge in [-0.2, -0.15) is 0 Å². The van der Waals surface area contributed by atoms with E-state index in [-0.39, 0.29) is 16.3 Å². The van der Waals surface area contributed by atoms with E-state index in [0.29, 0.717) is 0 Å². The van der Waals surface area contributed by atoms with Crippen LogP contribution in [0.4, 0.5) is 8.78 Å². The lowest BCUT2D eigenvalue weighted by atomic mass is 10.1. The fourth-order valence-corrected chi connectivity index (χ4v) is 2.67. The summed E-state index contributed by atoms with van der Waals surface area (Å²) in [7, 11) is 0. The second-order valence-electron chi connectivity index (χ2n) is 4.73. The predicted molar refractivity (Wildman–Crippen MR) is 67.7 cm³/mol. The molecular formula is C12H11ClF2N2O4. The molecule has 1 aromatic heterocycles. The molecule has 1 aliphatic heterocycles. The third-order valence-electron chi connectivity index (χ3n) is 3.46. The van der Waals surface area contributed by atoms with Gasteiger partial charge in [-0.1, -0.05) is 0 Å². The number of imidazole rings is 1. The number of benzene rings is 1. The van der Waals surface area contributed by atoms with Crippen molar-refractivity contribution in [3.63, 3.8) is 0 Å². The van der Waals surface area contributed by atoms with Gasteiger partial charge >= 0.3 is 0 Å². The van der Waals surface area contributed by atoms with Gasteiger partial charge in [-0.05, 0) is 11.6 Å². The van der Waals surface area contributed by atoms with Gasteiger partial charge in [0.25, 0.3) is 0 Å². The highest BCUT2D eigenvalue weighted by Gasteiger charge is 2.44. The highest BCUT2D eigenvalue weighted by molar-refractivity contribution is 6.29. The Bertz CT molecular complexity index is 695. The summed E-state index contributed by atoms with van der Waals surface area (Å²) in [5.41, 5.74) is 0.186. The summed E-state index contributed by atoms with van der Waals surface area (Å²) < 4.78 is 33.0. The van der Waals surface area contributed by atoms with Crippen LogP contribution in [-0.4, -0.2) is 49.8 Å². The molecule has 3 N–H and O–H groups in total. The van der Waals surface area contributed by atoms with Crippen molar-refractivity contribution in [3.05, 3.63) is 29.1 Å². The van der Waals surface area contributed by atoms with Crippen LogP contribution >= 0.6 is 11.6 Å². The molecular weight excluding hydrogens is 310 g/mol. The van der Waals surface area contributed by atoms with Gasteiger partial charge in [0, 0.05) is 12.1 Å². The Labute approximate surface area is 122 Å². The number of fused-ring (bicyclic) bond motifs is 1. The van der Waals surface area contributed by atoms with Crippen molar-refractivity contribution >= 4 is 22.6 Å². The van der Waals surface area contributed by atoms with Crippen molar-refractivity contribution in [2.45, 2.75) is 24.5 Å². The van der Waals surface area contributed by atoms with Gasteiger partial charge in [0.2, 0.25) is 5.28 Å². The summed E-state index contributed by atoms with van der Waals surface area (Å²) in [6.07, 6.45) is -4.91. The maximum atomic E-state index is 13.4. The first kappa shape index (κ1) is 14.6. The summed E-state index contributed by atoms with van der Waals surface area (Å²) in [5, 5.41) is 28.6. The first-order valence-electron chi connectivity index (χ1n) is 6.09. The lowest BCUT2D eigenvalue weighted by molar-refractivity contribution is -0.0507. The second-order valence-corrected chi connectivity index (χ2v) is 5.07. The van der Waals surface area contributed by atoms with Crippen molar-refractivity contribution < 1.29 is 28.8 Å². The van der Waals surface area contributed by atoms with E-state index < -0.39 is 42.8 Å². The molecule has 1 aliphatic rings. The molecule has 0 aliphatic carbocycles. The molecule has 1 aromatic carbocycles. The number of ether oxygens (including phenoxy) is 1. The number of halogens is 3. The fourth-order valence-electron chi connectivity index (χ4n) is 2.40. The molecule has 1 saturated heterocycles. The molecule has 0 amide bonds. The van der Waals surface area contributed by atoms with Crippen LogP contribution in [-0.2, 0) is 4.74 Å². The monoisotopic (exact) mass is 320 g/mol. The van der Waals surface area contributed by atoms with E-state index >= 15 is 0 Å². The van der Waals surface area contributed by atoms with Crippen LogP contribution in [0.15, 0.2) is 12.1 Å². The number of rotatable bonds is 2. The molecule has 0 radical (unpaired) electrons. The number of aliphatic hydroxyl groups is 3. The molecule has 6 nitrogen and oxygen atoms in total. The minimum atomic E-state index is -1.40. The zero-order valence-electron chi connectivity index (χ0n) is 10.4. The van der Waals surface area contributed by atoms with E-state index in [0.717, 1.165) is 16.7 Å². The van der Waals surface area contributed by atoms with E-state index in [1.54, 1.807) is 0 Å². The highest BCUT2D eigenvalue weighted by Crippen LogP contribution is 2.35. The summed E-state index contributed by atoms with van der Waals surface area (Å²) in [6.45, 7) is -0.512. The van der Waals surface area contributed by atoms with Crippen LogP contribution in [0.25, 0.3) is 11.0 Å². The first-order chi connectivity index (χ1) is 9.93. The van der Waals surface area contributed by atoms with Crippen LogP contribution in [0.3, 0.4) is 0 Å². The Hall–Kier alpha value is -1.32. The van der Waals surface area contributed by atoms with Crippen molar-refractivity contribution in [2.24, 2.45) is 0 Å². The normalized spacial score (nSPS) is 29.4. The molecule has 2 heterocycles. The van der Waals surface area contributed by atoms with Crippen molar-refractivity contribution in [1.29, 1.82) is 0 Å². The first-order valence-corrected chi connectivity index (χ1v) is 6.46. The summed E-state index contributed by atoms with van der Waals surface area (Å²) in [6, 6.07) is 1.74. The van der Waals surface area contributed by atoms with Crippen molar-refractivity contribution in [2.75, 3.05) is 6.61 Å². The van der Waals surface area contributed by atoms with Crippen LogP contribution in [0.2, 0.25) is 5.28 Å². The second kappa shape index (κ2) is 5.15. The minimum absolute atomic E-state index is 0.0802. The molecule has 0 unspecified atom stereocenters. The molecule has 21 heavy (non-hydrogen) atoms. The zero-order chi connectivity index (χ0) is 15.3. The zero-order valence-corrected chi connectivity index (χ0v) is 11.2. The van der Waals surface area contributed by atoms with Gasteiger partial charge in [-0.25, -0.2) is 13.8 Å². The van der Waals surface area contributed by atoms with Gasteiger partial charge in [-0.3, -0.25) is 4.57 Å². The largest absolute Gasteiger partial charge is 0.394 e. The Morgan fingerprint density at radius 3 is 2.52 bits per heavy atom. The lowest BCUT2D eigenvalue weighted by Crippen LogP contribution is -2.33. The molecule has 3 rings (SSSR count). The highest BCUT2D eigenvalue weighted by atomic mass is 35.5. The van der Waals surface area contributed by atoms with Gasteiger partial charge < -0.3 is 20.1 Å².